The number of rotatable bonds is 11. The summed E-state index contributed by atoms with van der Waals surface area (Å²) >= 11 is 0. The summed E-state index contributed by atoms with van der Waals surface area (Å²) in [6, 6.07) is 12.1. The van der Waals surface area contributed by atoms with Gasteiger partial charge >= 0.3 is 5.97 Å². The Morgan fingerprint density at radius 1 is 1.03 bits per heavy atom. The zero-order chi connectivity index (χ0) is 25.7. The van der Waals surface area contributed by atoms with Crippen molar-refractivity contribution < 1.29 is 29.3 Å². The first-order valence-electron chi connectivity index (χ1n) is 12.6. The van der Waals surface area contributed by atoms with E-state index < -0.39 is 11.6 Å². The van der Waals surface area contributed by atoms with Crippen LogP contribution in [0.4, 0.5) is 0 Å². The lowest BCUT2D eigenvalue weighted by molar-refractivity contribution is -0.136. The van der Waals surface area contributed by atoms with Gasteiger partial charge in [-0.3, -0.25) is 9.59 Å². The van der Waals surface area contributed by atoms with Crippen molar-refractivity contribution in [3.8, 4) is 5.75 Å². The molecule has 3 aromatic carbocycles. The molecule has 0 heterocycles. The van der Waals surface area contributed by atoms with Crippen LogP contribution in [0.3, 0.4) is 0 Å². The predicted octanol–water partition coefficient (Wildman–Crippen LogP) is 3.61. The third-order valence-electron chi connectivity index (χ3n) is 7.02. The van der Waals surface area contributed by atoms with E-state index in [1.165, 1.54) is 13.8 Å². The molecule has 1 aliphatic rings. The number of benzene rings is 3. The van der Waals surface area contributed by atoms with Gasteiger partial charge in [-0.15, -0.1) is 0 Å². The summed E-state index contributed by atoms with van der Waals surface area (Å²) in [7, 11) is 0. The molecule has 0 unspecified atom stereocenters. The van der Waals surface area contributed by atoms with E-state index in [9.17, 15) is 14.7 Å². The van der Waals surface area contributed by atoms with E-state index in [0.29, 0.717) is 37.4 Å². The normalized spacial score (nSPS) is 17.3. The molecule has 3 aromatic rings. The first-order chi connectivity index (χ1) is 17.3. The summed E-state index contributed by atoms with van der Waals surface area (Å²) in [6.07, 6.45) is 2.47. The van der Waals surface area contributed by atoms with Gasteiger partial charge in [-0.1, -0.05) is 24.3 Å². The summed E-state index contributed by atoms with van der Waals surface area (Å²) in [5.41, 5.74) is 1.23. The molecule has 1 aliphatic carbocycles. The molecule has 7 heteroatoms. The predicted molar refractivity (Wildman–Crippen MR) is 139 cm³/mol. The zero-order valence-electron chi connectivity index (χ0n) is 21.1. The molecule has 0 bridgehead atoms. The molecule has 3 N–H and O–H groups in total. The van der Waals surface area contributed by atoms with Crippen LogP contribution in [0.15, 0.2) is 36.4 Å². The van der Waals surface area contributed by atoms with Crippen LogP contribution >= 0.6 is 0 Å². The van der Waals surface area contributed by atoms with E-state index >= 15 is 0 Å². The highest BCUT2D eigenvalue weighted by Crippen LogP contribution is 2.44. The highest BCUT2D eigenvalue weighted by atomic mass is 16.5. The van der Waals surface area contributed by atoms with Crippen molar-refractivity contribution in [2.24, 2.45) is 0 Å². The lowest BCUT2D eigenvalue weighted by atomic mass is 9.75. The second-order valence-electron chi connectivity index (χ2n) is 9.60. The molecular weight excluding hydrogens is 458 g/mol. The quantitative estimate of drug-likeness (QED) is 0.162. The Hall–Kier alpha value is -2.84. The number of esters is 1. The molecular formula is C29H35NO6. The van der Waals surface area contributed by atoms with Gasteiger partial charge in [-0.2, -0.15) is 0 Å². The van der Waals surface area contributed by atoms with Gasteiger partial charge in [0, 0.05) is 37.5 Å². The van der Waals surface area contributed by atoms with Gasteiger partial charge in [-0.05, 0) is 85.1 Å². The molecule has 0 saturated carbocycles. The first kappa shape index (κ1) is 26.2. The minimum atomic E-state index is -1.48. The maximum atomic E-state index is 12.3. The van der Waals surface area contributed by atoms with Gasteiger partial charge in [0.05, 0.1) is 6.61 Å². The number of fused-ring (bicyclic) bond motifs is 3. The van der Waals surface area contributed by atoms with E-state index in [4.69, 9.17) is 14.6 Å². The van der Waals surface area contributed by atoms with Crippen LogP contribution in [0, 0.1) is 0 Å². The maximum absolute atomic E-state index is 12.3. The standard InChI is InChI=1S/C29H35NO6/c1-19(32)29(34)10-9-23-26(17-29)28(36-20(2)33)25-16-22-8-4-3-7-21(22)15-24(25)27(23)18-35-14-6-12-30-11-5-13-31/h3-4,7-8,15-16,30-31,34H,5-6,9-14,17-18H2,1-2H3/t29-/m1/s1. The van der Waals surface area contributed by atoms with Crippen LogP contribution < -0.4 is 10.1 Å². The van der Waals surface area contributed by atoms with Crippen LogP contribution in [0.25, 0.3) is 21.5 Å². The van der Waals surface area contributed by atoms with Crippen molar-refractivity contribution >= 4 is 33.3 Å². The molecule has 0 amide bonds. The Morgan fingerprint density at radius 2 is 1.72 bits per heavy atom. The van der Waals surface area contributed by atoms with Crippen molar-refractivity contribution in [3.05, 3.63) is 53.1 Å². The van der Waals surface area contributed by atoms with Crippen LogP contribution in [0.2, 0.25) is 0 Å². The second kappa shape index (κ2) is 11.5. The number of aliphatic hydroxyl groups is 2. The lowest BCUT2D eigenvalue weighted by Gasteiger charge is -2.34. The highest BCUT2D eigenvalue weighted by Gasteiger charge is 2.39. The van der Waals surface area contributed by atoms with Gasteiger partial charge < -0.3 is 25.0 Å². The Bertz CT molecular complexity index is 1270. The molecule has 0 aliphatic heterocycles. The van der Waals surface area contributed by atoms with Gasteiger partial charge in [-0.25, -0.2) is 0 Å². The Morgan fingerprint density at radius 3 is 2.39 bits per heavy atom. The summed E-state index contributed by atoms with van der Waals surface area (Å²) in [4.78, 5) is 24.5. The second-order valence-corrected chi connectivity index (χ2v) is 9.60. The average Bonchev–Trinajstić information content (AvgIpc) is 2.85. The van der Waals surface area contributed by atoms with Crippen molar-refractivity contribution in [1.29, 1.82) is 0 Å². The molecule has 192 valence electrons. The molecule has 7 nitrogen and oxygen atoms in total. The number of carbonyl (C=O) groups is 2. The molecule has 36 heavy (non-hydrogen) atoms. The van der Waals surface area contributed by atoms with E-state index in [1.807, 2.05) is 24.3 Å². The molecule has 0 fully saturated rings. The number of aliphatic hydroxyl groups excluding tert-OH is 1. The van der Waals surface area contributed by atoms with Crippen molar-refractivity contribution in [2.75, 3.05) is 26.3 Å². The van der Waals surface area contributed by atoms with Crippen molar-refractivity contribution in [2.45, 2.75) is 58.2 Å². The van der Waals surface area contributed by atoms with E-state index in [1.54, 1.807) is 0 Å². The lowest BCUT2D eigenvalue weighted by Crippen LogP contribution is -2.43. The topological polar surface area (TPSA) is 105 Å². The Kier molecular flexibility index (Phi) is 8.36. The summed E-state index contributed by atoms with van der Waals surface area (Å²) in [5, 5.41) is 27.1. The zero-order valence-corrected chi connectivity index (χ0v) is 21.1. The van der Waals surface area contributed by atoms with Crippen LogP contribution in [-0.4, -0.2) is 53.9 Å². The first-order valence-corrected chi connectivity index (χ1v) is 12.6. The third kappa shape index (κ3) is 5.60. The number of Topliss-reactive ketones (excluding diaryl/α,β-unsaturated/α-hetero) is 1. The minimum absolute atomic E-state index is 0.102. The monoisotopic (exact) mass is 493 g/mol. The van der Waals surface area contributed by atoms with Crippen LogP contribution in [-0.2, 0) is 33.8 Å². The van der Waals surface area contributed by atoms with Gasteiger partial charge in [0.15, 0.2) is 5.78 Å². The fourth-order valence-electron chi connectivity index (χ4n) is 5.05. The van der Waals surface area contributed by atoms with E-state index in [0.717, 1.165) is 58.6 Å². The average molecular weight is 494 g/mol. The fraction of sp³-hybridized carbons (Fsp3) is 0.448. The highest BCUT2D eigenvalue weighted by molar-refractivity contribution is 6.04. The largest absolute Gasteiger partial charge is 0.426 e. The molecule has 1 atom stereocenters. The third-order valence-corrected chi connectivity index (χ3v) is 7.02. The number of hydrogen-bond donors (Lipinski definition) is 3. The van der Waals surface area contributed by atoms with Gasteiger partial charge in [0.2, 0.25) is 0 Å². The van der Waals surface area contributed by atoms with Gasteiger partial charge in [0.1, 0.15) is 11.4 Å². The Labute approximate surface area is 211 Å². The Balaban J connectivity index is 1.76. The number of nitrogens with one attached hydrogen (secondary N) is 1. The summed E-state index contributed by atoms with van der Waals surface area (Å²) in [6.45, 7) is 5.48. The number of ketones is 1. The van der Waals surface area contributed by atoms with E-state index in [-0.39, 0.29) is 18.8 Å². The molecule has 0 radical (unpaired) electrons. The van der Waals surface area contributed by atoms with Gasteiger partial charge in [0.25, 0.3) is 0 Å². The van der Waals surface area contributed by atoms with Crippen LogP contribution in [0.5, 0.6) is 5.75 Å². The minimum Gasteiger partial charge on any atom is -0.426 e. The fourth-order valence-corrected chi connectivity index (χ4v) is 5.05. The molecule has 0 saturated heterocycles. The smallest absolute Gasteiger partial charge is 0.308 e. The SMILES string of the molecule is CC(=O)Oc1c2c(c(COCCCNCCCO)c3cc4ccccc4cc13)CC[C@](O)(C(C)=O)C2. The maximum Gasteiger partial charge on any atom is 0.308 e. The summed E-state index contributed by atoms with van der Waals surface area (Å²) in [5.74, 6) is -0.303. The summed E-state index contributed by atoms with van der Waals surface area (Å²) < 4.78 is 11.9. The number of ether oxygens (including phenoxy) is 2. The molecule has 0 spiro atoms. The van der Waals surface area contributed by atoms with Crippen molar-refractivity contribution in [1.82, 2.24) is 5.32 Å². The number of hydrogen-bond acceptors (Lipinski definition) is 7. The number of carbonyl (C=O) groups excluding carboxylic acids is 2. The molecule has 0 aromatic heterocycles. The molecule has 4 rings (SSSR count). The van der Waals surface area contributed by atoms with E-state index in [2.05, 4.69) is 17.4 Å². The van der Waals surface area contributed by atoms with Crippen LogP contribution in [0.1, 0.15) is 49.8 Å². The van der Waals surface area contributed by atoms with Crippen molar-refractivity contribution in [3.63, 3.8) is 0 Å².